The third-order valence-corrected chi connectivity index (χ3v) is 4.91. The number of pyridine rings is 1. The SMILES string of the molecule is COc1cccc(C(O)=C2C(=O)C(=O)N(CCCN(C)C)[C@H]2c2ccncc2)c1. The Labute approximate surface area is 170 Å². The van der Waals surface area contributed by atoms with Crippen LogP contribution in [-0.2, 0) is 9.59 Å². The Morgan fingerprint density at radius 1 is 1.21 bits per heavy atom. The minimum Gasteiger partial charge on any atom is -0.507 e. The van der Waals surface area contributed by atoms with E-state index in [1.807, 2.05) is 19.0 Å². The number of nitrogens with zero attached hydrogens (tertiary/aromatic N) is 3. The molecule has 0 unspecified atom stereocenters. The van der Waals surface area contributed by atoms with Crippen molar-refractivity contribution in [3.8, 4) is 5.75 Å². The van der Waals surface area contributed by atoms with E-state index in [4.69, 9.17) is 4.74 Å². The van der Waals surface area contributed by atoms with Crippen LogP contribution in [0.1, 0.15) is 23.6 Å². The second-order valence-corrected chi connectivity index (χ2v) is 7.16. The number of ether oxygens (including phenoxy) is 1. The summed E-state index contributed by atoms with van der Waals surface area (Å²) in [5, 5.41) is 11.0. The monoisotopic (exact) mass is 395 g/mol. The minimum atomic E-state index is -0.683. The maximum atomic E-state index is 12.9. The fourth-order valence-electron chi connectivity index (χ4n) is 3.49. The van der Waals surface area contributed by atoms with E-state index in [9.17, 15) is 14.7 Å². The molecule has 29 heavy (non-hydrogen) atoms. The van der Waals surface area contributed by atoms with E-state index in [2.05, 4.69) is 4.98 Å². The topological polar surface area (TPSA) is 83.0 Å². The van der Waals surface area contributed by atoms with Crippen molar-refractivity contribution in [2.75, 3.05) is 34.3 Å². The van der Waals surface area contributed by atoms with Gasteiger partial charge in [0.25, 0.3) is 11.7 Å². The number of rotatable bonds is 7. The molecule has 3 rings (SSSR count). The van der Waals surface area contributed by atoms with E-state index in [1.165, 1.54) is 12.0 Å². The van der Waals surface area contributed by atoms with Crippen LogP contribution in [0.25, 0.3) is 5.76 Å². The lowest BCUT2D eigenvalue weighted by Crippen LogP contribution is -2.32. The van der Waals surface area contributed by atoms with Gasteiger partial charge in [-0.15, -0.1) is 0 Å². The van der Waals surface area contributed by atoms with Gasteiger partial charge in [-0.2, -0.15) is 0 Å². The molecule has 0 radical (unpaired) electrons. The summed E-state index contributed by atoms with van der Waals surface area (Å²) in [5.74, 6) is -0.944. The second kappa shape index (κ2) is 8.87. The molecular formula is C22H25N3O4. The van der Waals surface area contributed by atoms with Gasteiger partial charge in [-0.25, -0.2) is 0 Å². The number of amides is 1. The summed E-state index contributed by atoms with van der Waals surface area (Å²) in [4.78, 5) is 33.3. The number of aromatic nitrogens is 1. The first kappa shape index (κ1) is 20.5. The first-order chi connectivity index (χ1) is 13.9. The lowest BCUT2D eigenvalue weighted by molar-refractivity contribution is -0.139. The molecule has 7 heteroatoms. The van der Waals surface area contributed by atoms with Gasteiger partial charge >= 0.3 is 0 Å². The first-order valence-electron chi connectivity index (χ1n) is 9.41. The van der Waals surface area contributed by atoms with Gasteiger partial charge in [0, 0.05) is 24.5 Å². The number of hydrogen-bond donors (Lipinski definition) is 1. The molecule has 1 atom stereocenters. The van der Waals surface area contributed by atoms with Crippen LogP contribution in [-0.4, -0.2) is 65.9 Å². The van der Waals surface area contributed by atoms with Crippen molar-refractivity contribution in [1.29, 1.82) is 0 Å². The van der Waals surface area contributed by atoms with E-state index in [0.717, 1.165) is 12.1 Å². The summed E-state index contributed by atoms with van der Waals surface area (Å²) in [5.41, 5.74) is 1.24. The number of aliphatic hydroxyl groups is 1. The van der Waals surface area contributed by atoms with E-state index in [1.54, 1.807) is 48.8 Å². The molecule has 1 aromatic carbocycles. The fourth-order valence-corrected chi connectivity index (χ4v) is 3.49. The zero-order valence-electron chi connectivity index (χ0n) is 16.8. The van der Waals surface area contributed by atoms with Crippen LogP contribution in [0.2, 0.25) is 0 Å². The normalized spacial score (nSPS) is 18.5. The van der Waals surface area contributed by atoms with Crippen molar-refractivity contribution in [2.45, 2.75) is 12.5 Å². The molecule has 0 bridgehead atoms. The Morgan fingerprint density at radius 3 is 2.59 bits per heavy atom. The summed E-state index contributed by atoms with van der Waals surface area (Å²) in [6, 6.07) is 9.65. The molecule has 2 heterocycles. The molecule has 0 aliphatic carbocycles. The molecule has 1 fully saturated rings. The number of methoxy groups -OCH3 is 1. The number of hydrogen-bond acceptors (Lipinski definition) is 6. The van der Waals surface area contributed by atoms with Crippen LogP contribution in [0.4, 0.5) is 0 Å². The van der Waals surface area contributed by atoms with Gasteiger partial charge in [0.1, 0.15) is 11.5 Å². The molecule has 7 nitrogen and oxygen atoms in total. The van der Waals surface area contributed by atoms with Gasteiger partial charge in [-0.1, -0.05) is 12.1 Å². The maximum Gasteiger partial charge on any atom is 0.295 e. The molecule has 1 saturated heterocycles. The number of Topliss-reactive ketones (excluding diaryl/α,β-unsaturated/α-hetero) is 1. The minimum absolute atomic E-state index is 0.0827. The average molecular weight is 395 g/mol. The van der Waals surface area contributed by atoms with E-state index < -0.39 is 17.7 Å². The van der Waals surface area contributed by atoms with E-state index in [-0.39, 0.29) is 11.3 Å². The number of aliphatic hydroxyl groups excluding tert-OH is 1. The highest BCUT2D eigenvalue weighted by Crippen LogP contribution is 2.39. The van der Waals surface area contributed by atoms with Gasteiger partial charge < -0.3 is 19.6 Å². The third kappa shape index (κ3) is 4.30. The van der Waals surface area contributed by atoms with Crippen LogP contribution >= 0.6 is 0 Å². The number of carbonyl (C=O) groups is 2. The van der Waals surface area contributed by atoms with Crippen LogP contribution in [0, 0.1) is 0 Å². The lowest BCUT2D eigenvalue weighted by atomic mass is 9.96. The second-order valence-electron chi connectivity index (χ2n) is 7.16. The molecule has 1 aromatic heterocycles. The Bertz CT molecular complexity index is 925. The Kier molecular flexibility index (Phi) is 6.29. The Morgan fingerprint density at radius 2 is 1.93 bits per heavy atom. The fraction of sp³-hybridized carbons (Fsp3) is 0.318. The molecule has 0 spiro atoms. The molecular weight excluding hydrogens is 370 g/mol. The van der Waals surface area contributed by atoms with Gasteiger partial charge in [-0.3, -0.25) is 14.6 Å². The van der Waals surface area contributed by atoms with Gasteiger partial charge in [0.15, 0.2) is 0 Å². The smallest absolute Gasteiger partial charge is 0.295 e. The van der Waals surface area contributed by atoms with Crippen molar-refractivity contribution in [3.63, 3.8) is 0 Å². The zero-order valence-corrected chi connectivity index (χ0v) is 16.8. The molecule has 0 saturated carbocycles. The van der Waals surface area contributed by atoms with Crippen LogP contribution in [0.5, 0.6) is 5.75 Å². The molecule has 1 aliphatic rings. The molecule has 2 aromatic rings. The van der Waals surface area contributed by atoms with E-state index >= 15 is 0 Å². The largest absolute Gasteiger partial charge is 0.507 e. The summed E-state index contributed by atoms with van der Waals surface area (Å²) in [7, 11) is 5.44. The predicted molar refractivity (Wildman–Crippen MR) is 109 cm³/mol. The third-order valence-electron chi connectivity index (χ3n) is 4.91. The summed E-state index contributed by atoms with van der Waals surface area (Å²) in [6.07, 6.45) is 3.93. The van der Waals surface area contributed by atoms with E-state index in [0.29, 0.717) is 24.3 Å². The Balaban J connectivity index is 2.07. The van der Waals surface area contributed by atoms with Crippen molar-refractivity contribution in [1.82, 2.24) is 14.8 Å². The number of benzene rings is 1. The van der Waals surface area contributed by atoms with Crippen molar-refractivity contribution in [3.05, 3.63) is 65.5 Å². The molecule has 1 amide bonds. The average Bonchev–Trinajstić information content (AvgIpc) is 2.98. The first-order valence-corrected chi connectivity index (χ1v) is 9.41. The zero-order chi connectivity index (χ0) is 21.0. The van der Waals surface area contributed by atoms with Gasteiger partial charge in [0.05, 0.1) is 18.7 Å². The predicted octanol–water partition coefficient (Wildman–Crippen LogP) is 2.46. The van der Waals surface area contributed by atoms with Crippen molar-refractivity contribution < 1.29 is 19.4 Å². The summed E-state index contributed by atoms with van der Waals surface area (Å²) < 4.78 is 5.21. The molecule has 1 aliphatic heterocycles. The number of likely N-dealkylation sites (tertiary alicyclic amines) is 1. The van der Waals surface area contributed by atoms with Gasteiger partial charge in [0.2, 0.25) is 0 Å². The Hall–Kier alpha value is -3.19. The maximum absolute atomic E-state index is 12.9. The summed E-state index contributed by atoms with van der Waals surface area (Å²) in [6.45, 7) is 1.19. The van der Waals surface area contributed by atoms with Crippen LogP contribution < -0.4 is 4.74 Å². The van der Waals surface area contributed by atoms with Crippen LogP contribution in [0.3, 0.4) is 0 Å². The van der Waals surface area contributed by atoms with Crippen molar-refractivity contribution >= 4 is 17.4 Å². The highest BCUT2D eigenvalue weighted by Gasteiger charge is 2.45. The number of ketones is 1. The standard InChI is InChI=1S/C22H25N3O4/c1-24(2)12-5-13-25-19(15-8-10-23-11-9-15)18(21(27)22(25)28)20(26)16-6-4-7-17(14-16)29-3/h4,6-11,14,19,26H,5,12-13H2,1-3H3/t19-/m0/s1. The highest BCUT2D eigenvalue weighted by molar-refractivity contribution is 6.46. The lowest BCUT2D eigenvalue weighted by Gasteiger charge is -2.25. The molecule has 1 N–H and O–H groups in total. The van der Waals surface area contributed by atoms with Crippen LogP contribution in [0.15, 0.2) is 54.4 Å². The van der Waals surface area contributed by atoms with Gasteiger partial charge in [-0.05, 0) is 56.9 Å². The molecule has 152 valence electrons. The summed E-state index contributed by atoms with van der Waals surface area (Å²) >= 11 is 0. The van der Waals surface area contributed by atoms with Crippen molar-refractivity contribution in [2.24, 2.45) is 0 Å². The highest BCUT2D eigenvalue weighted by atomic mass is 16.5. The quantitative estimate of drug-likeness (QED) is 0.441. The number of carbonyl (C=O) groups excluding carboxylic acids is 2.